The highest BCUT2D eigenvalue weighted by molar-refractivity contribution is 7.92. The minimum atomic E-state index is -3.90. The summed E-state index contributed by atoms with van der Waals surface area (Å²) in [5.41, 5.74) is 3.32. The maximum atomic E-state index is 12.8. The first-order valence-corrected chi connectivity index (χ1v) is 11.6. The molecule has 0 saturated carbocycles. The van der Waals surface area contributed by atoms with Crippen LogP contribution in [0.2, 0.25) is 0 Å². The van der Waals surface area contributed by atoms with Crippen LogP contribution in [0.25, 0.3) is 0 Å². The van der Waals surface area contributed by atoms with Gasteiger partial charge in [0.05, 0.1) is 21.8 Å². The molecule has 0 spiro atoms. The molecule has 0 atom stereocenters. The van der Waals surface area contributed by atoms with Crippen LogP contribution >= 0.6 is 0 Å². The zero-order chi connectivity index (χ0) is 23.5. The fraction of sp³-hybridized carbons (Fsp3) is 0.318. The first-order chi connectivity index (χ1) is 15.1. The molecule has 32 heavy (non-hydrogen) atoms. The summed E-state index contributed by atoms with van der Waals surface area (Å²) in [6.07, 6.45) is 2.83. The number of carboxylic acid groups (broad SMARTS) is 1. The smallest absolute Gasteiger partial charge is 0.337 e. The van der Waals surface area contributed by atoms with Gasteiger partial charge in [0.2, 0.25) is 0 Å². The number of aromatic nitrogens is 3. The van der Waals surface area contributed by atoms with Gasteiger partial charge in [0, 0.05) is 32.5 Å². The van der Waals surface area contributed by atoms with Crippen LogP contribution in [0, 0.1) is 13.8 Å². The van der Waals surface area contributed by atoms with E-state index in [1.807, 2.05) is 30.5 Å². The monoisotopic (exact) mass is 457 g/mol. The largest absolute Gasteiger partial charge is 0.478 e. The average Bonchev–Trinajstić information content (AvgIpc) is 2.99. The van der Waals surface area contributed by atoms with Crippen LogP contribution < -0.4 is 9.62 Å². The maximum Gasteiger partial charge on any atom is 0.337 e. The van der Waals surface area contributed by atoms with Crippen molar-refractivity contribution in [2.24, 2.45) is 7.05 Å². The van der Waals surface area contributed by atoms with E-state index in [0.29, 0.717) is 12.4 Å². The third-order valence-electron chi connectivity index (χ3n) is 5.35. The summed E-state index contributed by atoms with van der Waals surface area (Å²) >= 11 is 0. The molecule has 0 amide bonds. The van der Waals surface area contributed by atoms with Gasteiger partial charge in [-0.2, -0.15) is 5.10 Å². The number of sulfonamides is 1. The Balaban J connectivity index is 1.83. The number of aromatic carboxylic acids is 1. The van der Waals surface area contributed by atoms with Crippen molar-refractivity contribution in [3.05, 3.63) is 65.1 Å². The summed E-state index contributed by atoms with van der Waals surface area (Å²) in [5, 5.41) is 13.8. The Hall–Kier alpha value is -3.40. The maximum absolute atomic E-state index is 12.8. The molecule has 9 nitrogen and oxygen atoms in total. The summed E-state index contributed by atoms with van der Waals surface area (Å²) in [6.45, 7) is 4.60. The average molecular weight is 458 g/mol. The van der Waals surface area contributed by atoms with Crippen molar-refractivity contribution in [3.8, 4) is 0 Å². The van der Waals surface area contributed by atoms with Crippen molar-refractivity contribution < 1.29 is 18.3 Å². The van der Waals surface area contributed by atoms with Crippen LogP contribution in [0.1, 0.15) is 33.7 Å². The molecule has 0 aliphatic rings. The Morgan fingerprint density at radius 1 is 1.22 bits per heavy atom. The zero-order valence-corrected chi connectivity index (χ0v) is 19.3. The van der Waals surface area contributed by atoms with E-state index < -0.39 is 16.0 Å². The van der Waals surface area contributed by atoms with E-state index in [-0.39, 0.29) is 16.1 Å². The number of hydrogen-bond acceptors (Lipinski definition) is 6. The highest BCUT2D eigenvalue weighted by Crippen LogP contribution is 2.27. The molecule has 2 heterocycles. The first kappa shape index (κ1) is 23.3. The lowest BCUT2D eigenvalue weighted by Gasteiger charge is -2.22. The molecule has 0 unspecified atom stereocenters. The molecule has 0 saturated heterocycles. The Morgan fingerprint density at radius 3 is 2.50 bits per heavy atom. The molecule has 1 aromatic carbocycles. The van der Waals surface area contributed by atoms with E-state index in [1.165, 1.54) is 30.0 Å². The Bertz CT molecular complexity index is 1220. The second-order valence-corrected chi connectivity index (χ2v) is 9.30. The van der Waals surface area contributed by atoms with Gasteiger partial charge in [-0.1, -0.05) is 18.2 Å². The predicted molar refractivity (Wildman–Crippen MR) is 123 cm³/mol. The summed E-state index contributed by atoms with van der Waals surface area (Å²) in [7, 11) is -0.193. The molecule has 10 heteroatoms. The summed E-state index contributed by atoms with van der Waals surface area (Å²) in [6, 6.07) is 9.19. The van der Waals surface area contributed by atoms with Crippen LogP contribution in [0.15, 0.2) is 47.5 Å². The fourth-order valence-corrected chi connectivity index (χ4v) is 4.61. The third kappa shape index (κ3) is 5.08. The van der Waals surface area contributed by atoms with Gasteiger partial charge < -0.3 is 10.0 Å². The number of benzene rings is 1. The van der Waals surface area contributed by atoms with Gasteiger partial charge in [-0.25, -0.2) is 18.2 Å². The molecule has 2 aromatic heterocycles. The topological polar surface area (TPSA) is 117 Å². The van der Waals surface area contributed by atoms with Gasteiger partial charge in [0.1, 0.15) is 0 Å². The lowest BCUT2D eigenvalue weighted by atomic mass is 10.1. The molecule has 2 N–H and O–H groups in total. The van der Waals surface area contributed by atoms with Crippen LogP contribution in [-0.4, -0.2) is 47.9 Å². The molecular weight excluding hydrogens is 430 g/mol. The highest BCUT2D eigenvalue weighted by atomic mass is 32.2. The lowest BCUT2D eigenvalue weighted by Crippen LogP contribution is -2.24. The lowest BCUT2D eigenvalue weighted by molar-refractivity contribution is 0.0696. The minimum Gasteiger partial charge on any atom is -0.478 e. The Kier molecular flexibility index (Phi) is 6.83. The van der Waals surface area contributed by atoms with Crippen molar-refractivity contribution in [3.63, 3.8) is 0 Å². The Morgan fingerprint density at radius 2 is 1.91 bits per heavy atom. The fourth-order valence-electron chi connectivity index (χ4n) is 3.54. The number of anilines is 2. The summed E-state index contributed by atoms with van der Waals surface area (Å²) < 4.78 is 30.0. The number of pyridine rings is 1. The molecule has 0 fully saturated rings. The van der Waals surface area contributed by atoms with E-state index in [9.17, 15) is 18.3 Å². The van der Waals surface area contributed by atoms with E-state index in [0.717, 1.165) is 24.2 Å². The van der Waals surface area contributed by atoms with Crippen molar-refractivity contribution in [2.75, 3.05) is 23.2 Å². The van der Waals surface area contributed by atoms with Crippen molar-refractivity contribution >= 4 is 27.5 Å². The number of rotatable bonds is 9. The van der Waals surface area contributed by atoms with Gasteiger partial charge in [-0.15, -0.1) is 0 Å². The second kappa shape index (κ2) is 9.39. The molecule has 0 aliphatic carbocycles. The molecule has 0 bridgehead atoms. The summed E-state index contributed by atoms with van der Waals surface area (Å²) in [4.78, 5) is 17.6. The van der Waals surface area contributed by atoms with Crippen LogP contribution in [-0.2, 0) is 23.5 Å². The molecule has 0 aliphatic heterocycles. The van der Waals surface area contributed by atoms with Gasteiger partial charge in [0.15, 0.2) is 5.82 Å². The van der Waals surface area contributed by atoms with Crippen molar-refractivity contribution in [1.82, 2.24) is 14.8 Å². The zero-order valence-electron chi connectivity index (χ0n) is 18.5. The molecule has 3 rings (SSSR count). The molecule has 3 aromatic rings. The third-order valence-corrected chi connectivity index (χ3v) is 6.73. The highest BCUT2D eigenvalue weighted by Gasteiger charge is 2.20. The van der Waals surface area contributed by atoms with E-state index in [1.54, 1.807) is 25.2 Å². The SMILES string of the molecule is Cc1nn(C)c(C)c1CCCN(C)c1ncc(C(=O)O)cc1NS(=O)(=O)c1ccccc1. The number of hydrogen-bond donors (Lipinski definition) is 2. The number of nitrogens with one attached hydrogen (secondary N) is 1. The van der Waals surface area contributed by atoms with Gasteiger partial charge in [-0.05, 0) is 50.5 Å². The second-order valence-electron chi connectivity index (χ2n) is 7.62. The molecule has 0 radical (unpaired) electrons. The van der Waals surface area contributed by atoms with Gasteiger partial charge >= 0.3 is 5.97 Å². The molecular formula is C22H27N5O4S. The number of carbonyl (C=O) groups is 1. The van der Waals surface area contributed by atoms with Gasteiger partial charge in [0.25, 0.3) is 10.0 Å². The number of nitrogens with zero attached hydrogens (tertiary/aromatic N) is 4. The molecule has 170 valence electrons. The minimum absolute atomic E-state index is 0.0804. The predicted octanol–water partition coefficient (Wildman–Crippen LogP) is 3.00. The van der Waals surface area contributed by atoms with Crippen LogP contribution in [0.5, 0.6) is 0 Å². The first-order valence-electron chi connectivity index (χ1n) is 10.1. The summed E-state index contributed by atoms with van der Waals surface area (Å²) in [5.74, 6) is -0.830. The van der Waals surface area contributed by atoms with E-state index in [2.05, 4.69) is 14.8 Å². The normalized spacial score (nSPS) is 11.4. The van der Waals surface area contributed by atoms with Crippen molar-refractivity contribution in [1.29, 1.82) is 0 Å². The van der Waals surface area contributed by atoms with Crippen LogP contribution in [0.3, 0.4) is 0 Å². The van der Waals surface area contributed by atoms with Crippen molar-refractivity contribution in [2.45, 2.75) is 31.6 Å². The number of aryl methyl sites for hydroxylation is 2. The van der Waals surface area contributed by atoms with Gasteiger partial charge in [-0.3, -0.25) is 9.40 Å². The number of carboxylic acids is 1. The van der Waals surface area contributed by atoms with E-state index in [4.69, 9.17) is 0 Å². The quantitative estimate of drug-likeness (QED) is 0.507. The van der Waals surface area contributed by atoms with Crippen LogP contribution in [0.4, 0.5) is 11.5 Å². The standard InChI is InChI=1S/C22H27N5O4S/c1-15-19(16(2)27(4)24-15)11-8-12-26(3)21-20(13-17(14-23-21)22(28)29)25-32(30,31)18-9-6-5-7-10-18/h5-7,9-10,13-14,25H,8,11-12H2,1-4H3,(H,28,29). The Labute approximate surface area is 187 Å². The van der Waals surface area contributed by atoms with E-state index >= 15 is 0 Å².